The number of hydrogen-bond acceptors (Lipinski definition) is 5. The maximum absolute atomic E-state index is 13.5. The molecule has 6 nitrogen and oxygen atoms in total. The predicted molar refractivity (Wildman–Crippen MR) is 125 cm³/mol. The summed E-state index contributed by atoms with van der Waals surface area (Å²) in [5, 5.41) is 3.25. The summed E-state index contributed by atoms with van der Waals surface area (Å²) in [6.07, 6.45) is 1.39. The van der Waals surface area contributed by atoms with Gasteiger partial charge >= 0.3 is 5.97 Å². The molecule has 2 aliphatic heterocycles. The first-order valence-corrected chi connectivity index (χ1v) is 11.0. The van der Waals surface area contributed by atoms with Crippen LogP contribution in [-0.4, -0.2) is 31.4 Å². The first-order chi connectivity index (χ1) is 16.0. The van der Waals surface area contributed by atoms with E-state index in [2.05, 4.69) is 5.32 Å². The van der Waals surface area contributed by atoms with E-state index in [1.807, 2.05) is 49.4 Å². The van der Waals surface area contributed by atoms with Crippen molar-refractivity contribution in [1.29, 1.82) is 0 Å². The van der Waals surface area contributed by atoms with E-state index in [-0.39, 0.29) is 17.8 Å². The number of hydrogen-bond donors (Lipinski definition) is 1. The second-order valence-electron chi connectivity index (χ2n) is 8.45. The molecular formula is C27H24N2O4. The van der Waals surface area contributed by atoms with Gasteiger partial charge < -0.3 is 4.74 Å². The van der Waals surface area contributed by atoms with E-state index in [0.29, 0.717) is 35.3 Å². The van der Waals surface area contributed by atoms with E-state index < -0.39 is 5.54 Å². The summed E-state index contributed by atoms with van der Waals surface area (Å²) < 4.78 is 5.06. The van der Waals surface area contributed by atoms with Crippen LogP contribution in [0.5, 0.6) is 0 Å². The molecule has 1 fully saturated rings. The maximum Gasteiger partial charge on any atom is 0.330 e. The summed E-state index contributed by atoms with van der Waals surface area (Å²) in [6, 6.07) is 20.6. The average molecular weight is 440 g/mol. The van der Waals surface area contributed by atoms with Crippen LogP contribution < -0.4 is 10.2 Å². The number of nitrogens with zero attached hydrogens (tertiary/aromatic N) is 1. The molecule has 6 heteroatoms. The first-order valence-electron chi connectivity index (χ1n) is 11.0. The van der Waals surface area contributed by atoms with Crippen LogP contribution >= 0.6 is 0 Å². The molecule has 0 aliphatic carbocycles. The molecule has 2 amide bonds. The number of imide groups is 1. The Labute approximate surface area is 192 Å². The SMILES string of the molecule is COC(=O)[C@]1(c2ccc3c(c2)C(=O)N(c2cccc(-c4ccccc4)c2C)C3=O)CCCN1. The van der Waals surface area contributed by atoms with E-state index in [4.69, 9.17) is 4.74 Å². The number of carbonyl (C=O) groups excluding carboxylic acids is 3. The van der Waals surface area contributed by atoms with Crippen LogP contribution in [0, 0.1) is 6.92 Å². The number of nitrogens with one attached hydrogen (secondary N) is 1. The quantitative estimate of drug-likeness (QED) is 0.486. The van der Waals surface area contributed by atoms with E-state index >= 15 is 0 Å². The topological polar surface area (TPSA) is 75.7 Å². The minimum atomic E-state index is -0.996. The van der Waals surface area contributed by atoms with Gasteiger partial charge in [-0.1, -0.05) is 48.5 Å². The number of anilines is 1. The molecular weight excluding hydrogens is 416 g/mol. The lowest BCUT2D eigenvalue weighted by Crippen LogP contribution is -2.45. The minimum absolute atomic E-state index is 0.305. The zero-order valence-electron chi connectivity index (χ0n) is 18.6. The molecule has 1 saturated heterocycles. The van der Waals surface area contributed by atoms with Gasteiger partial charge in [0.15, 0.2) is 0 Å². The highest BCUT2D eigenvalue weighted by Crippen LogP contribution is 2.38. The summed E-state index contributed by atoms with van der Waals surface area (Å²) in [4.78, 5) is 40.7. The van der Waals surface area contributed by atoms with Crippen LogP contribution in [0.4, 0.5) is 5.69 Å². The van der Waals surface area contributed by atoms with Gasteiger partial charge in [-0.3, -0.25) is 14.9 Å². The highest BCUT2D eigenvalue weighted by molar-refractivity contribution is 6.34. The first kappa shape index (κ1) is 21.1. The Morgan fingerprint density at radius 2 is 1.70 bits per heavy atom. The Morgan fingerprint density at radius 1 is 0.939 bits per heavy atom. The number of ether oxygens (including phenoxy) is 1. The molecule has 3 aromatic rings. The van der Waals surface area contributed by atoms with Gasteiger partial charge in [0.1, 0.15) is 5.54 Å². The summed E-state index contributed by atoms with van der Waals surface area (Å²) in [5.74, 6) is -1.13. The fourth-order valence-electron chi connectivity index (χ4n) is 4.98. The molecule has 0 bridgehead atoms. The second-order valence-corrected chi connectivity index (χ2v) is 8.45. The van der Waals surface area contributed by atoms with Crippen LogP contribution in [0.1, 0.15) is 44.7 Å². The third-order valence-electron chi connectivity index (χ3n) is 6.70. The van der Waals surface area contributed by atoms with Gasteiger partial charge in [0, 0.05) is 0 Å². The molecule has 0 unspecified atom stereocenters. The number of rotatable bonds is 4. The number of carbonyl (C=O) groups is 3. The number of benzene rings is 3. The Bertz CT molecular complexity index is 1280. The van der Waals surface area contributed by atoms with Crippen molar-refractivity contribution in [3.8, 4) is 11.1 Å². The Hall–Kier alpha value is -3.77. The minimum Gasteiger partial charge on any atom is -0.467 e. The zero-order chi connectivity index (χ0) is 23.2. The number of amides is 2. The largest absolute Gasteiger partial charge is 0.467 e. The zero-order valence-corrected chi connectivity index (χ0v) is 18.6. The number of methoxy groups -OCH3 is 1. The average Bonchev–Trinajstić information content (AvgIpc) is 3.44. The highest BCUT2D eigenvalue weighted by atomic mass is 16.5. The summed E-state index contributed by atoms with van der Waals surface area (Å²) in [6.45, 7) is 2.60. The lowest BCUT2D eigenvalue weighted by Gasteiger charge is -2.27. The van der Waals surface area contributed by atoms with Gasteiger partial charge in [-0.15, -0.1) is 0 Å². The van der Waals surface area contributed by atoms with Crippen LogP contribution in [-0.2, 0) is 15.1 Å². The van der Waals surface area contributed by atoms with Crippen molar-refractivity contribution in [2.45, 2.75) is 25.3 Å². The van der Waals surface area contributed by atoms with Crippen LogP contribution in [0.3, 0.4) is 0 Å². The third kappa shape index (κ3) is 3.17. The fourth-order valence-corrected chi connectivity index (χ4v) is 4.98. The molecule has 5 rings (SSSR count). The van der Waals surface area contributed by atoms with Crippen molar-refractivity contribution in [2.24, 2.45) is 0 Å². The summed E-state index contributed by atoms with van der Waals surface area (Å²) in [5.41, 5.74) is 3.68. The Kier molecular flexibility index (Phi) is 5.10. The summed E-state index contributed by atoms with van der Waals surface area (Å²) >= 11 is 0. The van der Waals surface area contributed by atoms with Crippen LogP contribution in [0.2, 0.25) is 0 Å². The number of fused-ring (bicyclic) bond motifs is 1. The summed E-state index contributed by atoms with van der Waals surface area (Å²) in [7, 11) is 1.36. The third-order valence-corrected chi connectivity index (χ3v) is 6.70. The molecule has 0 radical (unpaired) electrons. The van der Waals surface area contributed by atoms with Gasteiger partial charge in [0.05, 0.1) is 23.9 Å². The molecule has 1 N–H and O–H groups in total. The van der Waals surface area contributed by atoms with Crippen molar-refractivity contribution in [2.75, 3.05) is 18.6 Å². The van der Waals surface area contributed by atoms with Gasteiger partial charge in [0.25, 0.3) is 11.8 Å². The van der Waals surface area contributed by atoms with Crippen molar-refractivity contribution in [1.82, 2.24) is 5.32 Å². The molecule has 3 aromatic carbocycles. The highest BCUT2D eigenvalue weighted by Gasteiger charge is 2.46. The van der Waals surface area contributed by atoms with Crippen molar-refractivity contribution in [3.63, 3.8) is 0 Å². The normalized spacial score (nSPS) is 19.6. The van der Waals surface area contributed by atoms with E-state index in [0.717, 1.165) is 23.1 Å². The van der Waals surface area contributed by atoms with E-state index in [1.165, 1.54) is 12.0 Å². The Balaban J connectivity index is 1.57. The molecule has 1 atom stereocenters. The smallest absolute Gasteiger partial charge is 0.330 e. The maximum atomic E-state index is 13.5. The fraction of sp³-hybridized carbons (Fsp3) is 0.222. The molecule has 166 valence electrons. The monoisotopic (exact) mass is 440 g/mol. The van der Waals surface area contributed by atoms with Gasteiger partial charge in [-0.2, -0.15) is 0 Å². The molecule has 0 spiro atoms. The van der Waals surface area contributed by atoms with Crippen molar-refractivity contribution >= 4 is 23.5 Å². The molecule has 2 heterocycles. The van der Waals surface area contributed by atoms with Crippen molar-refractivity contribution in [3.05, 3.63) is 89.0 Å². The second kappa shape index (κ2) is 7.98. The standard InChI is InChI=1S/C27H24N2O4/c1-17-20(18-8-4-3-5-9-18)10-6-11-23(17)29-24(30)21-13-12-19(16-22(21)25(29)31)27(26(32)33-2)14-7-15-28-27/h3-6,8-13,16,28H,7,14-15H2,1-2H3/t27-/m1/s1. The molecule has 0 aromatic heterocycles. The molecule has 0 saturated carbocycles. The van der Waals surface area contributed by atoms with Gasteiger partial charge in [0.2, 0.25) is 0 Å². The molecule has 2 aliphatic rings. The van der Waals surface area contributed by atoms with E-state index in [1.54, 1.807) is 24.3 Å². The predicted octanol–water partition coefficient (Wildman–Crippen LogP) is 4.21. The van der Waals surface area contributed by atoms with Crippen LogP contribution in [0.25, 0.3) is 11.1 Å². The Morgan fingerprint density at radius 3 is 2.39 bits per heavy atom. The number of esters is 1. The van der Waals surface area contributed by atoms with Crippen molar-refractivity contribution < 1.29 is 19.1 Å². The van der Waals surface area contributed by atoms with Gasteiger partial charge in [-0.25, -0.2) is 9.69 Å². The van der Waals surface area contributed by atoms with Gasteiger partial charge in [-0.05, 0) is 66.8 Å². The van der Waals surface area contributed by atoms with Crippen LogP contribution in [0.15, 0.2) is 66.7 Å². The van der Waals surface area contributed by atoms with E-state index in [9.17, 15) is 14.4 Å². The lowest BCUT2D eigenvalue weighted by atomic mass is 9.86. The lowest BCUT2D eigenvalue weighted by molar-refractivity contribution is -0.148. The molecule has 33 heavy (non-hydrogen) atoms.